The molecule has 0 unspecified atom stereocenters. The number of sulfonamides is 1. The number of hydrogen-bond donors (Lipinski definition) is 0. The second kappa shape index (κ2) is 7.81. The summed E-state index contributed by atoms with van der Waals surface area (Å²) < 4.78 is 31.8. The summed E-state index contributed by atoms with van der Waals surface area (Å²) in [7, 11) is -2.00. The number of benzene rings is 1. The second-order valence-corrected chi connectivity index (χ2v) is 7.61. The van der Waals surface area contributed by atoms with Gasteiger partial charge in [-0.25, -0.2) is 8.42 Å². The molecule has 6 nitrogen and oxygen atoms in total. The molecular formula is C17H24N2O4S. The van der Waals surface area contributed by atoms with Gasteiger partial charge in [-0.3, -0.25) is 4.79 Å². The van der Waals surface area contributed by atoms with Gasteiger partial charge in [-0.2, -0.15) is 4.31 Å². The maximum Gasteiger partial charge on any atom is 0.249 e. The van der Waals surface area contributed by atoms with Crippen LogP contribution in [0.1, 0.15) is 20.3 Å². The number of carbonyl (C=O) groups is 1. The molecule has 2 rings (SSSR count). The van der Waals surface area contributed by atoms with E-state index in [1.54, 1.807) is 36.1 Å². The minimum Gasteiger partial charge on any atom is -0.497 e. The van der Waals surface area contributed by atoms with Gasteiger partial charge in [-0.05, 0) is 37.6 Å². The third-order valence-electron chi connectivity index (χ3n) is 4.07. The van der Waals surface area contributed by atoms with E-state index in [2.05, 4.69) is 0 Å². The van der Waals surface area contributed by atoms with Crippen LogP contribution in [0.4, 0.5) is 0 Å². The van der Waals surface area contributed by atoms with E-state index >= 15 is 0 Å². The summed E-state index contributed by atoms with van der Waals surface area (Å²) in [5.74, 6) is 0.598. The Bertz CT molecular complexity index is 703. The first kappa shape index (κ1) is 18.5. The van der Waals surface area contributed by atoms with Crippen LogP contribution in [-0.2, 0) is 14.8 Å². The smallest absolute Gasteiger partial charge is 0.249 e. The van der Waals surface area contributed by atoms with Gasteiger partial charge in [0.25, 0.3) is 0 Å². The highest BCUT2D eigenvalue weighted by molar-refractivity contribution is 7.89. The molecule has 1 saturated heterocycles. The van der Waals surface area contributed by atoms with Crippen LogP contribution in [0.15, 0.2) is 40.8 Å². The first-order valence-corrected chi connectivity index (χ1v) is 9.44. The Kier molecular flexibility index (Phi) is 6.01. The summed E-state index contributed by atoms with van der Waals surface area (Å²) >= 11 is 0. The standard InChI is InChI=1S/C17H24N2O4S/c1-4-5-14(2)17(20)18-10-12-19(13-11-18)24(21,22)16-8-6-15(23-3)7-9-16/h5-9H,4,10-13H2,1-3H3/b14-5-. The maximum absolute atomic E-state index is 12.7. The lowest BCUT2D eigenvalue weighted by atomic mass is 10.2. The van der Waals surface area contributed by atoms with Crippen LogP contribution in [0.2, 0.25) is 0 Å². The second-order valence-electron chi connectivity index (χ2n) is 5.67. The minimum absolute atomic E-state index is 0.0154. The lowest BCUT2D eigenvalue weighted by Crippen LogP contribution is -2.50. The first-order valence-electron chi connectivity index (χ1n) is 8.00. The van der Waals surface area contributed by atoms with Crippen LogP contribution in [-0.4, -0.2) is 56.8 Å². The van der Waals surface area contributed by atoms with Gasteiger partial charge in [0.1, 0.15) is 5.75 Å². The van der Waals surface area contributed by atoms with E-state index in [-0.39, 0.29) is 10.8 Å². The van der Waals surface area contributed by atoms with Crippen molar-refractivity contribution in [3.8, 4) is 5.75 Å². The molecule has 24 heavy (non-hydrogen) atoms. The average Bonchev–Trinajstić information content (AvgIpc) is 2.61. The van der Waals surface area contributed by atoms with Crippen molar-refractivity contribution in [3.63, 3.8) is 0 Å². The van der Waals surface area contributed by atoms with Crippen molar-refractivity contribution >= 4 is 15.9 Å². The zero-order chi connectivity index (χ0) is 17.7. The van der Waals surface area contributed by atoms with Gasteiger partial charge < -0.3 is 9.64 Å². The highest BCUT2D eigenvalue weighted by Crippen LogP contribution is 2.21. The van der Waals surface area contributed by atoms with Gasteiger partial charge in [0.15, 0.2) is 0 Å². The molecule has 1 aliphatic rings. The van der Waals surface area contributed by atoms with Gasteiger partial charge >= 0.3 is 0 Å². The molecule has 0 spiro atoms. The lowest BCUT2D eigenvalue weighted by Gasteiger charge is -2.34. The van der Waals surface area contributed by atoms with Gasteiger partial charge in [0.2, 0.25) is 15.9 Å². The molecule has 0 saturated carbocycles. The summed E-state index contributed by atoms with van der Waals surface area (Å²) in [5.41, 5.74) is 0.712. The number of nitrogens with zero attached hydrogens (tertiary/aromatic N) is 2. The quantitative estimate of drug-likeness (QED) is 0.759. The topological polar surface area (TPSA) is 66.9 Å². The van der Waals surface area contributed by atoms with Crippen molar-refractivity contribution in [3.05, 3.63) is 35.9 Å². The summed E-state index contributed by atoms with van der Waals surface area (Å²) in [6, 6.07) is 6.34. The van der Waals surface area contributed by atoms with Crippen molar-refractivity contribution in [1.29, 1.82) is 0 Å². The number of ether oxygens (including phenoxy) is 1. The Hall–Kier alpha value is -1.86. The van der Waals surface area contributed by atoms with E-state index in [0.29, 0.717) is 37.5 Å². The predicted octanol–water partition coefficient (Wildman–Crippen LogP) is 1.88. The van der Waals surface area contributed by atoms with E-state index in [0.717, 1.165) is 6.42 Å². The Morgan fingerprint density at radius 3 is 2.25 bits per heavy atom. The zero-order valence-electron chi connectivity index (χ0n) is 14.4. The molecule has 0 bridgehead atoms. The average molecular weight is 352 g/mol. The van der Waals surface area contributed by atoms with Crippen molar-refractivity contribution in [2.24, 2.45) is 0 Å². The number of hydrogen-bond acceptors (Lipinski definition) is 4. The molecule has 7 heteroatoms. The number of piperazine rings is 1. The monoisotopic (exact) mass is 352 g/mol. The number of rotatable bonds is 5. The summed E-state index contributed by atoms with van der Waals surface area (Å²) in [4.78, 5) is 14.2. The van der Waals surface area contributed by atoms with E-state index in [4.69, 9.17) is 4.74 Å². The zero-order valence-corrected chi connectivity index (χ0v) is 15.2. The van der Waals surface area contributed by atoms with Crippen LogP contribution in [0.5, 0.6) is 5.75 Å². The molecule has 1 fully saturated rings. The molecule has 132 valence electrons. The van der Waals surface area contributed by atoms with Gasteiger partial charge in [0.05, 0.1) is 12.0 Å². The Morgan fingerprint density at radius 1 is 1.17 bits per heavy atom. The number of amides is 1. The normalized spacial score (nSPS) is 17.0. The third kappa shape index (κ3) is 3.96. The van der Waals surface area contributed by atoms with E-state index in [1.807, 2.05) is 13.0 Å². The van der Waals surface area contributed by atoms with Crippen LogP contribution < -0.4 is 4.74 Å². The first-order chi connectivity index (χ1) is 11.4. The molecule has 1 aliphatic heterocycles. The SMILES string of the molecule is CC/C=C(/C)C(=O)N1CCN(S(=O)(=O)c2ccc(OC)cc2)CC1. The van der Waals surface area contributed by atoms with Crippen molar-refractivity contribution in [1.82, 2.24) is 9.21 Å². The lowest BCUT2D eigenvalue weighted by molar-refractivity contribution is -0.128. The Balaban J connectivity index is 2.05. The minimum atomic E-state index is -3.54. The highest BCUT2D eigenvalue weighted by Gasteiger charge is 2.30. The molecular weight excluding hydrogens is 328 g/mol. The molecule has 0 radical (unpaired) electrons. The summed E-state index contributed by atoms with van der Waals surface area (Å²) in [5, 5.41) is 0. The number of carbonyl (C=O) groups excluding carboxylic acids is 1. The van der Waals surface area contributed by atoms with Crippen molar-refractivity contribution in [2.45, 2.75) is 25.2 Å². The maximum atomic E-state index is 12.7. The van der Waals surface area contributed by atoms with Crippen LogP contribution in [0, 0.1) is 0 Å². The largest absolute Gasteiger partial charge is 0.497 e. The molecule has 0 atom stereocenters. The fraction of sp³-hybridized carbons (Fsp3) is 0.471. The summed E-state index contributed by atoms with van der Waals surface area (Å²) in [6.07, 6.45) is 2.70. The van der Waals surface area contributed by atoms with Gasteiger partial charge in [-0.1, -0.05) is 13.0 Å². The Labute approximate surface area is 143 Å². The van der Waals surface area contributed by atoms with Crippen molar-refractivity contribution in [2.75, 3.05) is 33.3 Å². The van der Waals surface area contributed by atoms with Crippen LogP contribution in [0.3, 0.4) is 0 Å². The summed E-state index contributed by atoms with van der Waals surface area (Å²) in [6.45, 7) is 5.20. The molecule has 1 amide bonds. The number of allylic oxidation sites excluding steroid dienone is 1. The van der Waals surface area contributed by atoms with Gasteiger partial charge in [0, 0.05) is 31.8 Å². The highest BCUT2D eigenvalue weighted by atomic mass is 32.2. The van der Waals surface area contributed by atoms with Crippen molar-refractivity contribution < 1.29 is 17.9 Å². The van der Waals surface area contributed by atoms with Crippen LogP contribution in [0.25, 0.3) is 0 Å². The van der Waals surface area contributed by atoms with E-state index in [1.165, 1.54) is 11.4 Å². The predicted molar refractivity (Wildman–Crippen MR) is 92.4 cm³/mol. The fourth-order valence-corrected chi connectivity index (χ4v) is 4.09. The molecule has 0 N–H and O–H groups in total. The van der Waals surface area contributed by atoms with Gasteiger partial charge in [-0.15, -0.1) is 0 Å². The van der Waals surface area contributed by atoms with Crippen LogP contribution >= 0.6 is 0 Å². The molecule has 0 aliphatic carbocycles. The number of methoxy groups -OCH3 is 1. The molecule has 1 heterocycles. The molecule has 0 aromatic heterocycles. The molecule has 1 aromatic carbocycles. The van der Waals surface area contributed by atoms with E-state index < -0.39 is 10.0 Å². The molecule has 1 aromatic rings. The van der Waals surface area contributed by atoms with E-state index in [9.17, 15) is 13.2 Å². The Morgan fingerprint density at radius 2 is 1.75 bits per heavy atom. The third-order valence-corrected chi connectivity index (χ3v) is 5.98. The fourth-order valence-electron chi connectivity index (χ4n) is 2.67.